The molecule has 0 N–H and O–H groups in total. The van der Waals surface area contributed by atoms with Crippen LogP contribution in [0.25, 0.3) is 0 Å². The van der Waals surface area contributed by atoms with Gasteiger partial charge in [-0.1, -0.05) is 99.7 Å². The lowest BCUT2D eigenvalue weighted by atomic mass is 10.2. The molecule has 1 amide bonds. The summed E-state index contributed by atoms with van der Waals surface area (Å²) in [7, 11) is 0.579. The standard InChI is InChI=1S/C26H35NO3Si/c1-26(2,3)31(23-17-11-9-12-18-23,24-19-13-10-14-20-24)30-22-16-8-6-7-15-21-25(28)27(4)29-5/h8-21H,6-7,22H2,1-5H3/b16-8+,21-15+. The first-order valence-electron chi connectivity index (χ1n) is 10.7. The SMILES string of the molecule is CON(C)C(=O)/C=C/CC/C=C/CO[Si](c1ccccc1)(c1ccccc1)C(C)(C)C. The zero-order valence-corrected chi connectivity index (χ0v) is 20.4. The summed E-state index contributed by atoms with van der Waals surface area (Å²) in [5.41, 5.74) is 0. The van der Waals surface area contributed by atoms with Crippen molar-refractivity contribution in [2.45, 2.75) is 38.7 Å². The maximum Gasteiger partial charge on any atom is 0.269 e. The zero-order chi connectivity index (χ0) is 22.7. The summed E-state index contributed by atoms with van der Waals surface area (Å²) >= 11 is 0. The maximum absolute atomic E-state index is 11.7. The average molecular weight is 438 g/mol. The van der Waals surface area contributed by atoms with Crippen molar-refractivity contribution in [2.75, 3.05) is 20.8 Å². The molecule has 0 aliphatic heterocycles. The summed E-state index contributed by atoms with van der Waals surface area (Å²) in [5, 5.41) is 3.74. The molecule has 0 aliphatic carbocycles. The number of amides is 1. The van der Waals surface area contributed by atoms with Crippen LogP contribution in [0.2, 0.25) is 5.04 Å². The number of hydroxylamine groups is 2. The molecule has 0 saturated carbocycles. The van der Waals surface area contributed by atoms with Crippen LogP contribution in [0, 0.1) is 0 Å². The van der Waals surface area contributed by atoms with E-state index in [1.165, 1.54) is 28.6 Å². The topological polar surface area (TPSA) is 38.8 Å². The Morgan fingerprint density at radius 1 is 0.903 bits per heavy atom. The van der Waals surface area contributed by atoms with E-state index in [0.29, 0.717) is 6.61 Å². The van der Waals surface area contributed by atoms with E-state index < -0.39 is 8.32 Å². The number of hydrogen-bond donors (Lipinski definition) is 0. The quantitative estimate of drug-likeness (QED) is 0.181. The largest absolute Gasteiger partial charge is 0.404 e. The van der Waals surface area contributed by atoms with Crippen LogP contribution in [0.5, 0.6) is 0 Å². The normalized spacial score (nSPS) is 12.5. The lowest BCUT2D eigenvalue weighted by Gasteiger charge is -2.42. The number of allylic oxidation sites excluding steroid dienone is 2. The van der Waals surface area contributed by atoms with E-state index in [2.05, 4.69) is 93.6 Å². The van der Waals surface area contributed by atoms with Crippen LogP contribution >= 0.6 is 0 Å². The molecular weight excluding hydrogens is 402 g/mol. The molecule has 0 saturated heterocycles. The van der Waals surface area contributed by atoms with Gasteiger partial charge in [0.25, 0.3) is 14.2 Å². The van der Waals surface area contributed by atoms with Gasteiger partial charge in [0.05, 0.1) is 13.7 Å². The van der Waals surface area contributed by atoms with Gasteiger partial charge in [0, 0.05) is 13.1 Å². The van der Waals surface area contributed by atoms with Crippen molar-refractivity contribution in [3.63, 3.8) is 0 Å². The highest BCUT2D eigenvalue weighted by Gasteiger charge is 2.49. The number of rotatable bonds is 10. The van der Waals surface area contributed by atoms with E-state index in [1.54, 1.807) is 7.05 Å². The van der Waals surface area contributed by atoms with Crippen molar-refractivity contribution in [1.29, 1.82) is 0 Å². The third kappa shape index (κ3) is 6.50. The summed E-state index contributed by atoms with van der Waals surface area (Å²) in [6.07, 6.45) is 9.26. The second kappa shape index (κ2) is 11.8. The number of nitrogens with zero attached hydrogens (tertiary/aromatic N) is 1. The number of unbranched alkanes of at least 4 members (excludes halogenated alkanes) is 1. The van der Waals surface area contributed by atoms with Crippen LogP contribution < -0.4 is 10.4 Å². The summed E-state index contributed by atoms with van der Waals surface area (Å²) in [6, 6.07) is 21.3. The minimum absolute atomic E-state index is 0.0278. The number of likely N-dealkylation sites (N-methyl/N-ethyl adjacent to an activating group) is 1. The Morgan fingerprint density at radius 2 is 1.42 bits per heavy atom. The number of hydrogen-bond acceptors (Lipinski definition) is 3. The van der Waals surface area contributed by atoms with Gasteiger partial charge in [0.2, 0.25) is 0 Å². The van der Waals surface area contributed by atoms with Gasteiger partial charge in [-0.2, -0.15) is 0 Å². The molecule has 0 spiro atoms. The first kappa shape index (κ1) is 24.8. The molecule has 0 fully saturated rings. The molecule has 31 heavy (non-hydrogen) atoms. The third-order valence-electron chi connectivity index (χ3n) is 5.32. The smallest absolute Gasteiger partial charge is 0.269 e. The average Bonchev–Trinajstić information content (AvgIpc) is 2.77. The Morgan fingerprint density at radius 3 is 1.90 bits per heavy atom. The fourth-order valence-electron chi connectivity index (χ4n) is 3.69. The molecule has 2 aromatic rings. The molecule has 5 heteroatoms. The van der Waals surface area contributed by atoms with E-state index in [1.807, 2.05) is 6.08 Å². The summed E-state index contributed by atoms with van der Waals surface area (Å²) < 4.78 is 6.81. The zero-order valence-electron chi connectivity index (χ0n) is 19.4. The van der Waals surface area contributed by atoms with Gasteiger partial charge in [-0.15, -0.1) is 0 Å². The molecule has 0 unspecified atom stereocenters. The van der Waals surface area contributed by atoms with Gasteiger partial charge in [0.15, 0.2) is 0 Å². The molecule has 166 valence electrons. The van der Waals surface area contributed by atoms with Gasteiger partial charge in [-0.25, -0.2) is 5.06 Å². The molecule has 0 atom stereocenters. The predicted molar refractivity (Wildman–Crippen MR) is 131 cm³/mol. The Bertz CT molecular complexity index is 818. The minimum Gasteiger partial charge on any atom is -0.404 e. The molecule has 0 aromatic heterocycles. The van der Waals surface area contributed by atoms with Crippen LogP contribution in [-0.4, -0.2) is 40.1 Å². The van der Waals surface area contributed by atoms with E-state index in [9.17, 15) is 4.79 Å². The van der Waals surface area contributed by atoms with Crippen molar-refractivity contribution >= 4 is 24.6 Å². The molecule has 0 radical (unpaired) electrons. The Hall–Kier alpha value is -2.47. The maximum atomic E-state index is 11.7. The molecule has 0 aliphatic rings. The summed E-state index contributed by atoms with van der Waals surface area (Å²) in [4.78, 5) is 16.5. The highest BCUT2D eigenvalue weighted by Crippen LogP contribution is 2.36. The van der Waals surface area contributed by atoms with Gasteiger partial charge in [0.1, 0.15) is 0 Å². The minimum atomic E-state index is -2.49. The van der Waals surface area contributed by atoms with Crippen molar-refractivity contribution in [1.82, 2.24) is 5.06 Å². The molecule has 0 bridgehead atoms. The van der Waals surface area contributed by atoms with Crippen molar-refractivity contribution in [3.8, 4) is 0 Å². The monoisotopic (exact) mass is 437 g/mol. The van der Waals surface area contributed by atoms with E-state index >= 15 is 0 Å². The molecule has 4 nitrogen and oxygen atoms in total. The lowest BCUT2D eigenvalue weighted by Crippen LogP contribution is -2.66. The second-order valence-corrected chi connectivity index (χ2v) is 12.7. The van der Waals surface area contributed by atoms with Crippen LogP contribution in [0.4, 0.5) is 0 Å². The Labute approximate surface area is 188 Å². The van der Waals surface area contributed by atoms with Gasteiger partial charge < -0.3 is 4.43 Å². The number of carbonyl (C=O) groups is 1. The van der Waals surface area contributed by atoms with E-state index in [-0.39, 0.29) is 10.9 Å². The van der Waals surface area contributed by atoms with Gasteiger partial charge in [-0.05, 0) is 28.3 Å². The first-order chi connectivity index (χ1) is 14.8. The molecule has 2 aromatic carbocycles. The van der Waals surface area contributed by atoms with Crippen molar-refractivity contribution in [2.24, 2.45) is 0 Å². The predicted octanol–water partition coefficient (Wildman–Crippen LogP) is 4.48. The summed E-state index contributed by atoms with van der Waals surface area (Å²) in [5.74, 6) is -0.165. The molecular formula is C26H35NO3Si. The fourth-order valence-corrected chi connectivity index (χ4v) is 8.19. The lowest BCUT2D eigenvalue weighted by molar-refractivity contribution is -0.162. The molecule has 0 heterocycles. The highest BCUT2D eigenvalue weighted by molar-refractivity contribution is 6.99. The van der Waals surface area contributed by atoms with Crippen LogP contribution in [0.3, 0.4) is 0 Å². The number of benzene rings is 2. The second-order valence-electron chi connectivity index (χ2n) is 8.44. The van der Waals surface area contributed by atoms with Crippen molar-refractivity contribution < 1.29 is 14.1 Å². The Balaban J connectivity index is 2.11. The van der Waals surface area contributed by atoms with E-state index in [4.69, 9.17) is 9.26 Å². The number of carbonyl (C=O) groups excluding carboxylic acids is 1. The fraction of sp³-hybridized carbons (Fsp3) is 0.346. The summed E-state index contributed by atoms with van der Waals surface area (Å²) in [6.45, 7) is 7.40. The molecule has 2 rings (SSSR count). The van der Waals surface area contributed by atoms with Gasteiger partial charge >= 0.3 is 0 Å². The third-order valence-corrected chi connectivity index (χ3v) is 10.3. The van der Waals surface area contributed by atoms with Crippen molar-refractivity contribution in [3.05, 3.63) is 85.0 Å². The van der Waals surface area contributed by atoms with Gasteiger partial charge in [-0.3, -0.25) is 9.63 Å². The van der Waals surface area contributed by atoms with Crippen LogP contribution in [0.1, 0.15) is 33.6 Å². The van der Waals surface area contributed by atoms with Crippen LogP contribution in [-0.2, 0) is 14.1 Å². The van der Waals surface area contributed by atoms with E-state index in [0.717, 1.165) is 12.8 Å². The Kier molecular flexibility index (Phi) is 9.43. The first-order valence-corrected chi connectivity index (χ1v) is 12.6. The highest BCUT2D eigenvalue weighted by atomic mass is 28.4. The van der Waals surface area contributed by atoms with Crippen LogP contribution in [0.15, 0.2) is 85.0 Å².